The Hall–Kier alpha value is -0.790. The number of fused-ring (bicyclic) bond motifs is 1. The van der Waals surface area contributed by atoms with Gasteiger partial charge in [-0.05, 0) is 30.7 Å². The normalized spacial score (nSPS) is 17.2. The molecule has 0 saturated heterocycles. The Morgan fingerprint density at radius 1 is 1.31 bits per heavy atom. The van der Waals surface area contributed by atoms with Crippen LogP contribution in [0.25, 0.3) is 0 Å². The van der Waals surface area contributed by atoms with Crippen LogP contribution in [0.15, 0.2) is 6.20 Å². The molecule has 0 fully saturated rings. The van der Waals surface area contributed by atoms with E-state index in [1.54, 1.807) is 0 Å². The molecule has 0 spiro atoms. The van der Waals surface area contributed by atoms with Crippen molar-refractivity contribution < 1.29 is 0 Å². The van der Waals surface area contributed by atoms with Gasteiger partial charge < -0.3 is 0 Å². The molecule has 2 heterocycles. The first-order chi connectivity index (χ1) is 6.29. The van der Waals surface area contributed by atoms with Crippen LogP contribution in [0.4, 0.5) is 0 Å². The standard InChI is InChI=1S/C11H18N2/c1-9(2)10-8-12-13-7-5-3-4-6-11(10)13/h8-9H,3-7H2,1-2H3. The number of aromatic nitrogens is 2. The molecule has 1 aromatic heterocycles. The average Bonchev–Trinajstić information content (AvgIpc) is 2.36. The molecule has 0 atom stereocenters. The van der Waals surface area contributed by atoms with Gasteiger partial charge in [-0.25, -0.2) is 0 Å². The molecule has 2 heteroatoms. The summed E-state index contributed by atoms with van der Waals surface area (Å²) in [6, 6.07) is 0. The summed E-state index contributed by atoms with van der Waals surface area (Å²) in [6.07, 6.45) is 7.29. The molecule has 2 rings (SSSR count). The fourth-order valence-electron chi connectivity index (χ4n) is 2.10. The van der Waals surface area contributed by atoms with E-state index < -0.39 is 0 Å². The Bertz CT molecular complexity index is 286. The van der Waals surface area contributed by atoms with Crippen LogP contribution in [0.2, 0.25) is 0 Å². The summed E-state index contributed by atoms with van der Waals surface area (Å²) >= 11 is 0. The van der Waals surface area contributed by atoms with Crippen LogP contribution in [-0.4, -0.2) is 9.78 Å². The van der Waals surface area contributed by atoms with Gasteiger partial charge in [0, 0.05) is 12.2 Å². The highest BCUT2D eigenvalue weighted by Gasteiger charge is 2.14. The molecule has 0 N–H and O–H groups in total. The van der Waals surface area contributed by atoms with Crippen molar-refractivity contribution in [2.24, 2.45) is 0 Å². The number of hydrogen-bond acceptors (Lipinski definition) is 1. The lowest BCUT2D eigenvalue weighted by molar-refractivity contribution is 0.575. The maximum Gasteiger partial charge on any atom is 0.0527 e. The molecule has 0 amide bonds. The molecule has 0 unspecified atom stereocenters. The van der Waals surface area contributed by atoms with E-state index in [0.717, 1.165) is 6.54 Å². The van der Waals surface area contributed by atoms with Gasteiger partial charge in [0.25, 0.3) is 0 Å². The summed E-state index contributed by atoms with van der Waals surface area (Å²) in [5, 5.41) is 4.45. The topological polar surface area (TPSA) is 17.8 Å². The fraction of sp³-hybridized carbons (Fsp3) is 0.727. The summed E-state index contributed by atoms with van der Waals surface area (Å²) in [5.41, 5.74) is 2.95. The van der Waals surface area contributed by atoms with Crippen molar-refractivity contribution in [3.63, 3.8) is 0 Å². The van der Waals surface area contributed by atoms with E-state index in [4.69, 9.17) is 0 Å². The zero-order valence-corrected chi connectivity index (χ0v) is 8.58. The highest BCUT2D eigenvalue weighted by Crippen LogP contribution is 2.23. The van der Waals surface area contributed by atoms with Crippen molar-refractivity contribution in [1.29, 1.82) is 0 Å². The first-order valence-electron chi connectivity index (χ1n) is 5.33. The summed E-state index contributed by atoms with van der Waals surface area (Å²) in [6.45, 7) is 5.63. The van der Waals surface area contributed by atoms with Crippen LogP contribution in [-0.2, 0) is 13.0 Å². The second-order valence-corrected chi connectivity index (χ2v) is 4.24. The van der Waals surface area contributed by atoms with E-state index in [-0.39, 0.29) is 0 Å². The van der Waals surface area contributed by atoms with Crippen molar-refractivity contribution in [2.45, 2.75) is 52.0 Å². The van der Waals surface area contributed by atoms with Gasteiger partial charge in [-0.1, -0.05) is 20.3 Å². The molecule has 1 aliphatic rings. The van der Waals surface area contributed by atoms with Crippen LogP contribution in [0.3, 0.4) is 0 Å². The van der Waals surface area contributed by atoms with Crippen LogP contribution < -0.4 is 0 Å². The fourth-order valence-corrected chi connectivity index (χ4v) is 2.10. The smallest absolute Gasteiger partial charge is 0.0527 e. The van der Waals surface area contributed by atoms with E-state index in [1.807, 2.05) is 0 Å². The summed E-state index contributed by atoms with van der Waals surface area (Å²) < 4.78 is 2.21. The second-order valence-electron chi connectivity index (χ2n) is 4.24. The number of hydrogen-bond donors (Lipinski definition) is 0. The van der Waals surface area contributed by atoms with E-state index in [1.165, 1.54) is 36.9 Å². The lowest BCUT2D eigenvalue weighted by Gasteiger charge is -2.07. The molecule has 0 radical (unpaired) electrons. The molecule has 72 valence electrons. The summed E-state index contributed by atoms with van der Waals surface area (Å²) in [5.74, 6) is 0.627. The third-order valence-corrected chi connectivity index (χ3v) is 2.89. The predicted octanol–water partition coefficient (Wildman–Crippen LogP) is 2.73. The van der Waals surface area contributed by atoms with Gasteiger partial charge in [0.1, 0.15) is 0 Å². The molecule has 0 aliphatic carbocycles. The van der Waals surface area contributed by atoms with Gasteiger partial charge in [-0.15, -0.1) is 0 Å². The second kappa shape index (κ2) is 3.52. The van der Waals surface area contributed by atoms with Crippen LogP contribution in [0.1, 0.15) is 50.3 Å². The molecule has 1 aliphatic heterocycles. The van der Waals surface area contributed by atoms with Crippen molar-refractivity contribution in [1.82, 2.24) is 9.78 Å². The van der Waals surface area contributed by atoms with Crippen molar-refractivity contribution in [3.05, 3.63) is 17.5 Å². The highest BCUT2D eigenvalue weighted by atomic mass is 15.3. The Balaban J connectivity index is 2.34. The van der Waals surface area contributed by atoms with Crippen molar-refractivity contribution >= 4 is 0 Å². The Morgan fingerprint density at radius 2 is 2.15 bits per heavy atom. The van der Waals surface area contributed by atoms with Gasteiger partial charge in [0.05, 0.1) is 6.20 Å². The number of rotatable bonds is 1. The van der Waals surface area contributed by atoms with E-state index in [9.17, 15) is 0 Å². The number of nitrogens with zero attached hydrogens (tertiary/aromatic N) is 2. The third kappa shape index (κ3) is 1.62. The third-order valence-electron chi connectivity index (χ3n) is 2.89. The quantitative estimate of drug-likeness (QED) is 0.646. The maximum atomic E-state index is 4.45. The van der Waals surface area contributed by atoms with Gasteiger partial charge in [0.2, 0.25) is 0 Å². The minimum absolute atomic E-state index is 0.627. The van der Waals surface area contributed by atoms with Crippen molar-refractivity contribution in [3.8, 4) is 0 Å². The minimum atomic E-state index is 0.627. The largest absolute Gasteiger partial charge is 0.269 e. The Kier molecular flexibility index (Phi) is 2.38. The zero-order chi connectivity index (χ0) is 9.26. The number of aryl methyl sites for hydroxylation is 1. The molecule has 13 heavy (non-hydrogen) atoms. The zero-order valence-electron chi connectivity index (χ0n) is 8.58. The molecule has 0 bridgehead atoms. The Morgan fingerprint density at radius 3 is 2.92 bits per heavy atom. The predicted molar refractivity (Wildman–Crippen MR) is 53.9 cm³/mol. The monoisotopic (exact) mass is 178 g/mol. The summed E-state index contributed by atoms with van der Waals surface area (Å²) in [4.78, 5) is 0. The van der Waals surface area contributed by atoms with Crippen LogP contribution in [0.5, 0.6) is 0 Å². The average molecular weight is 178 g/mol. The first kappa shape index (κ1) is 8.79. The maximum absolute atomic E-state index is 4.45. The molecular weight excluding hydrogens is 160 g/mol. The Labute approximate surface area is 80.0 Å². The van der Waals surface area contributed by atoms with Crippen molar-refractivity contribution in [2.75, 3.05) is 0 Å². The van der Waals surface area contributed by atoms with Crippen LogP contribution >= 0.6 is 0 Å². The van der Waals surface area contributed by atoms with Gasteiger partial charge >= 0.3 is 0 Å². The van der Waals surface area contributed by atoms with Gasteiger partial charge in [-0.3, -0.25) is 4.68 Å². The molecule has 0 saturated carbocycles. The molecule has 0 aromatic carbocycles. The molecule has 2 nitrogen and oxygen atoms in total. The van der Waals surface area contributed by atoms with Gasteiger partial charge in [-0.2, -0.15) is 5.10 Å². The van der Waals surface area contributed by atoms with E-state index in [2.05, 4.69) is 29.8 Å². The van der Waals surface area contributed by atoms with Crippen LogP contribution in [0, 0.1) is 0 Å². The lowest BCUT2D eigenvalue weighted by atomic mass is 10.0. The van der Waals surface area contributed by atoms with E-state index >= 15 is 0 Å². The lowest BCUT2D eigenvalue weighted by Crippen LogP contribution is -2.03. The molecular formula is C11H18N2. The van der Waals surface area contributed by atoms with Gasteiger partial charge in [0.15, 0.2) is 0 Å². The minimum Gasteiger partial charge on any atom is -0.269 e. The highest BCUT2D eigenvalue weighted by molar-refractivity contribution is 5.22. The summed E-state index contributed by atoms with van der Waals surface area (Å²) in [7, 11) is 0. The first-order valence-corrected chi connectivity index (χ1v) is 5.33. The van der Waals surface area contributed by atoms with E-state index in [0.29, 0.717) is 5.92 Å². The molecule has 1 aromatic rings. The SMILES string of the molecule is CC(C)c1cnn2c1CCCCC2.